The topological polar surface area (TPSA) is 59.5 Å². The average molecular weight is 194 g/mol. The van der Waals surface area contributed by atoms with Gasteiger partial charge in [-0.25, -0.2) is 0 Å². The van der Waals surface area contributed by atoms with E-state index in [0.717, 1.165) is 18.8 Å². The van der Waals surface area contributed by atoms with Gasteiger partial charge in [0.25, 0.3) is 5.91 Å². The minimum Gasteiger partial charge on any atom is -0.456 e. The Hall–Kier alpha value is -1.29. The lowest BCUT2D eigenvalue weighted by Crippen LogP contribution is -2.52. The molecule has 0 spiro atoms. The van der Waals surface area contributed by atoms with Gasteiger partial charge in [-0.1, -0.05) is 0 Å². The van der Waals surface area contributed by atoms with Gasteiger partial charge in [0.05, 0.1) is 0 Å². The number of rotatable bonds is 2. The molecular weight excluding hydrogens is 180 g/mol. The van der Waals surface area contributed by atoms with Crippen LogP contribution in [0.2, 0.25) is 0 Å². The molecule has 4 heteroatoms. The van der Waals surface area contributed by atoms with Crippen molar-refractivity contribution in [3.63, 3.8) is 0 Å². The Labute approximate surface area is 82.7 Å². The van der Waals surface area contributed by atoms with E-state index in [0.29, 0.717) is 18.2 Å². The Morgan fingerprint density at radius 2 is 2.36 bits per heavy atom. The van der Waals surface area contributed by atoms with Crippen LogP contribution in [-0.4, -0.2) is 30.4 Å². The number of likely N-dealkylation sites (tertiary alicyclic amines) is 1. The second-order valence-electron chi connectivity index (χ2n) is 3.72. The minimum atomic E-state index is -0.0252. The zero-order chi connectivity index (χ0) is 10.1. The summed E-state index contributed by atoms with van der Waals surface area (Å²) >= 11 is 0. The van der Waals surface area contributed by atoms with Gasteiger partial charge in [0.1, 0.15) is 5.76 Å². The molecule has 4 nitrogen and oxygen atoms in total. The maximum atomic E-state index is 11.7. The summed E-state index contributed by atoms with van der Waals surface area (Å²) in [5.41, 5.74) is 5.48. The summed E-state index contributed by atoms with van der Waals surface area (Å²) in [5.74, 6) is 1.64. The Balaban J connectivity index is 1.97. The van der Waals surface area contributed by atoms with E-state index >= 15 is 0 Å². The lowest BCUT2D eigenvalue weighted by atomic mass is 10.0. The van der Waals surface area contributed by atoms with E-state index in [1.54, 1.807) is 17.0 Å². The van der Waals surface area contributed by atoms with Gasteiger partial charge in [-0.3, -0.25) is 4.79 Å². The molecule has 0 bridgehead atoms. The molecule has 1 aliphatic rings. The first-order chi connectivity index (χ1) is 6.70. The number of carbonyl (C=O) groups excluding carboxylic acids is 1. The Morgan fingerprint density at radius 3 is 2.86 bits per heavy atom. The average Bonchev–Trinajstić information content (AvgIpc) is 2.49. The first-order valence-corrected chi connectivity index (χ1v) is 4.76. The molecule has 1 aromatic rings. The number of carbonyl (C=O) groups is 1. The van der Waals surface area contributed by atoms with Crippen LogP contribution in [0, 0.1) is 12.8 Å². The van der Waals surface area contributed by atoms with E-state index < -0.39 is 0 Å². The first-order valence-electron chi connectivity index (χ1n) is 4.76. The molecule has 1 amide bonds. The summed E-state index contributed by atoms with van der Waals surface area (Å²) in [6.07, 6.45) is 0. The van der Waals surface area contributed by atoms with Crippen LogP contribution < -0.4 is 5.73 Å². The van der Waals surface area contributed by atoms with E-state index in [9.17, 15) is 4.79 Å². The smallest absolute Gasteiger partial charge is 0.289 e. The van der Waals surface area contributed by atoms with E-state index in [1.165, 1.54) is 0 Å². The van der Waals surface area contributed by atoms with Crippen LogP contribution in [0.25, 0.3) is 0 Å². The van der Waals surface area contributed by atoms with Crippen molar-refractivity contribution in [1.29, 1.82) is 0 Å². The summed E-state index contributed by atoms with van der Waals surface area (Å²) in [4.78, 5) is 13.5. The van der Waals surface area contributed by atoms with Gasteiger partial charge in [-0.15, -0.1) is 0 Å². The van der Waals surface area contributed by atoms with Crippen molar-refractivity contribution in [1.82, 2.24) is 4.90 Å². The molecule has 2 N–H and O–H groups in total. The highest BCUT2D eigenvalue weighted by molar-refractivity contribution is 5.92. The lowest BCUT2D eigenvalue weighted by molar-refractivity contribution is 0.0482. The molecule has 2 rings (SSSR count). The van der Waals surface area contributed by atoms with Crippen LogP contribution in [-0.2, 0) is 0 Å². The lowest BCUT2D eigenvalue weighted by Gasteiger charge is -2.37. The van der Waals surface area contributed by atoms with Crippen molar-refractivity contribution < 1.29 is 9.21 Å². The highest BCUT2D eigenvalue weighted by Gasteiger charge is 2.31. The van der Waals surface area contributed by atoms with Gasteiger partial charge in [0.15, 0.2) is 5.76 Å². The van der Waals surface area contributed by atoms with Crippen LogP contribution in [0.1, 0.15) is 16.3 Å². The number of aryl methyl sites for hydroxylation is 1. The third-order valence-corrected chi connectivity index (χ3v) is 2.53. The normalized spacial score (nSPS) is 16.9. The van der Waals surface area contributed by atoms with Crippen molar-refractivity contribution in [2.75, 3.05) is 19.6 Å². The number of hydrogen-bond acceptors (Lipinski definition) is 3. The fraction of sp³-hybridized carbons (Fsp3) is 0.500. The van der Waals surface area contributed by atoms with Crippen LogP contribution in [0.5, 0.6) is 0 Å². The maximum Gasteiger partial charge on any atom is 0.289 e. The van der Waals surface area contributed by atoms with E-state index in [1.807, 2.05) is 6.92 Å². The standard InChI is InChI=1S/C10H14N2O2/c1-7-2-3-9(14-7)10(13)12-5-8(4-11)6-12/h2-3,8H,4-6,11H2,1H3. The molecule has 1 saturated heterocycles. The fourth-order valence-corrected chi connectivity index (χ4v) is 1.59. The summed E-state index contributed by atoms with van der Waals surface area (Å²) in [5, 5.41) is 0. The number of nitrogens with two attached hydrogens (primary N) is 1. The maximum absolute atomic E-state index is 11.7. The molecule has 1 fully saturated rings. The predicted octanol–water partition coefficient (Wildman–Crippen LogP) is 0.619. The van der Waals surface area contributed by atoms with E-state index in [4.69, 9.17) is 10.2 Å². The van der Waals surface area contributed by atoms with Crippen LogP contribution >= 0.6 is 0 Å². The molecule has 1 aliphatic heterocycles. The summed E-state index contributed by atoms with van der Waals surface area (Å²) in [7, 11) is 0. The van der Waals surface area contributed by atoms with Gasteiger partial charge in [0, 0.05) is 19.0 Å². The Kier molecular flexibility index (Phi) is 2.29. The van der Waals surface area contributed by atoms with E-state index in [-0.39, 0.29) is 5.91 Å². The van der Waals surface area contributed by atoms with Crippen molar-refractivity contribution in [2.45, 2.75) is 6.92 Å². The number of furan rings is 1. The molecule has 0 unspecified atom stereocenters. The molecule has 14 heavy (non-hydrogen) atoms. The summed E-state index contributed by atoms with van der Waals surface area (Å²) < 4.78 is 5.25. The Bertz CT molecular complexity index is 340. The number of nitrogens with zero attached hydrogens (tertiary/aromatic N) is 1. The summed E-state index contributed by atoms with van der Waals surface area (Å²) in [6.45, 7) is 4.00. The molecule has 0 saturated carbocycles. The zero-order valence-corrected chi connectivity index (χ0v) is 8.19. The van der Waals surface area contributed by atoms with Gasteiger partial charge < -0.3 is 15.1 Å². The second kappa shape index (κ2) is 3.46. The quantitative estimate of drug-likeness (QED) is 0.750. The highest BCUT2D eigenvalue weighted by atomic mass is 16.3. The number of amides is 1. The fourth-order valence-electron chi connectivity index (χ4n) is 1.59. The third-order valence-electron chi connectivity index (χ3n) is 2.53. The monoisotopic (exact) mass is 194 g/mol. The molecule has 2 heterocycles. The zero-order valence-electron chi connectivity index (χ0n) is 8.19. The molecule has 76 valence electrons. The van der Waals surface area contributed by atoms with Crippen molar-refractivity contribution in [3.8, 4) is 0 Å². The largest absolute Gasteiger partial charge is 0.456 e. The van der Waals surface area contributed by atoms with Crippen LogP contribution in [0.15, 0.2) is 16.5 Å². The SMILES string of the molecule is Cc1ccc(C(=O)N2CC(CN)C2)o1. The van der Waals surface area contributed by atoms with Gasteiger partial charge in [0.2, 0.25) is 0 Å². The molecule has 1 aromatic heterocycles. The van der Waals surface area contributed by atoms with Gasteiger partial charge in [-0.2, -0.15) is 0 Å². The van der Waals surface area contributed by atoms with E-state index in [2.05, 4.69) is 0 Å². The van der Waals surface area contributed by atoms with Crippen LogP contribution in [0.3, 0.4) is 0 Å². The van der Waals surface area contributed by atoms with Gasteiger partial charge in [-0.05, 0) is 25.6 Å². The molecule has 0 aliphatic carbocycles. The molecular formula is C10H14N2O2. The highest BCUT2D eigenvalue weighted by Crippen LogP contribution is 2.18. The number of hydrogen-bond donors (Lipinski definition) is 1. The first kappa shape index (κ1) is 9.27. The van der Waals surface area contributed by atoms with Crippen molar-refractivity contribution >= 4 is 5.91 Å². The summed E-state index contributed by atoms with van der Waals surface area (Å²) in [6, 6.07) is 3.51. The minimum absolute atomic E-state index is 0.0252. The second-order valence-corrected chi connectivity index (χ2v) is 3.72. The molecule has 0 aromatic carbocycles. The van der Waals surface area contributed by atoms with Crippen molar-refractivity contribution in [2.24, 2.45) is 11.7 Å². The molecule has 0 radical (unpaired) electrons. The predicted molar refractivity (Wildman–Crippen MR) is 51.9 cm³/mol. The Morgan fingerprint density at radius 1 is 1.64 bits per heavy atom. The van der Waals surface area contributed by atoms with Crippen LogP contribution in [0.4, 0.5) is 0 Å². The molecule has 0 atom stereocenters. The van der Waals surface area contributed by atoms with Gasteiger partial charge >= 0.3 is 0 Å². The third kappa shape index (κ3) is 1.53. The van der Waals surface area contributed by atoms with Crippen molar-refractivity contribution in [3.05, 3.63) is 23.7 Å².